The van der Waals surface area contributed by atoms with Crippen LogP contribution in [-0.4, -0.2) is 11.8 Å². The summed E-state index contributed by atoms with van der Waals surface area (Å²) in [6.07, 6.45) is 2.62. The molecule has 1 atom stereocenters. The Kier molecular flexibility index (Phi) is 2.36. The molecule has 1 N–H and O–H groups in total. The summed E-state index contributed by atoms with van der Waals surface area (Å²) in [4.78, 5) is 23.3. The SMILES string of the molecule is CC1CC2(CC(=O)NC(=O)C2C(C)C)C1. The fourth-order valence-electron chi connectivity index (χ4n) is 3.70. The maximum Gasteiger partial charge on any atom is 0.230 e. The molecule has 1 saturated carbocycles. The Morgan fingerprint density at radius 2 is 1.93 bits per heavy atom. The van der Waals surface area contributed by atoms with Gasteiger partial charge in [-0.2, -0.15) is 0 Å². The molecule has 2 rings (SSSR count). The fourth-order valence-corrected chi connectivity index (χ4v) is 3.70. The molecule has 3 nitrogen and oxygen atoms in total. The third-order valence-electron chi connectivity index (χ3n) is 3.89. The zero-order valence-electron chi connectivity index (χ0n) is 9.67. The number of imide groups is 1. The summed E-state index contributed by atoms with van der Waals surface area (Å²) in [5, 5.41) is 2.47. The van der Waals surface area contributed by atoms with Crippen molar-refractivity contribution >= 4 is 11.8 Å². The lowest BCUT2D eigenvalue weighted by molar-refractivity contribution is -0.154. The third-order valence-corrected chi connectivity index (χ3v) is 3.89. The molecular weight excluding hydrogens is 190 g/mol. The van der Waals surface area contributed by atoms with Crippen molar-refractivity contribution in [1.29, 1.82) is 0 Å². The summed E-state index contributed by atoms with van der Waals surface area (Å²) < 4.78 is 0. The minimum absolute atomic E-state index is 0.00694. The molecule has 1 aliphatic heterocycles. The van der Waals surface area contributed by atoms with E-state index < -0.39 is 0 Å². The van der Waals surface area contributed by atoms with Crippen molar-refractivity contribution in [3.8, 4) is 0 Å². The third kappa shape index (κ3) is 1.58. The molecular formula is C12H19NO2. The van der Waals surface area contributed by atoms with E-state index in [2.05, 4.69) is 26.1 Å². The van der Waals surface area contributed by atoms with Gasteiger partial charge in [0.2, 0.25) is 11.8 Å². The lowest BCUT2D eigenvalue weighted by atomic mass is 9.51. The maximum atomic E-state index is 11.8. The number of nitrogens with one attached hydrogen (secondary N) is 1. The van der Waals surface area contributed by atoms with Crippen molar-refractivity contribution in [3.05, 3.63) is 0 Å². The first-order valence-corrected chi connectivity index (χ1v) is 5.78. The van der Waals surface area contributed by atoms with Crippen LogP contribution in [0.15, 0.2) is 0 Å². The summed E-state index contributed by atoms with van der Waals surface area (Å²) in [5.74, 6) is 0.902. The molecule has 0 aromatic heterocycles. The molecule has 0 radical (unpaired) electrons. The first-order chi connectivity index (χ1) is 6.94. The van der Waals surface area contributed by atoms with E-state index in [-0.39, 0.29) is 23.1 Å². The van der Waals surface area contributed by atoms with Crippen LogP contribution < -0.4 is 5.32 Å². The molecule has 1 unspecified atom stereocenters. The van der Waals surface area contributed by atoms with Gasteiger partial charge < -0.3 is 0 Å². The highest BCUT2D eigenvalue weighted by molar-refractivity contribution is 6.00. The molecule has 0 aromatic carbocycles. The molecule has 2 aliphatic rings. The monoisotopic (exact) mass is 209 g/mol. The van der Waals surface area contributed by atoms with Gasteiger partial charge in [0, 0.05) is 12.3 Å². The summed E-state index contributed by atoms with van der Waals surface area (Å²) >= 11 is 0. The Morgan fingerprint density at radius 1 is 1.33 bits per heavy atom. The quantitative estimate of drug-likeness (QED) is 0.668. The molecule has 0 aromatic rings. The smallest absolute Gasteiger partial charge is 0.230 e. The van der Waals surface area contributed by atoms with E-state index in [0.29, 0.717) is 18.3 Å². The lowest BCUT2D eigenvalue weighted by Crippen LogP contribution is -2.58. The minimum atomic E-state index is -0.0798. The average molecular weight is 209 g/mol. The van der Waals surface area contributed by atoms with Crippen molar-refractivity contribution in [1.82, 2.24) is 5.32 Å². The van der Waals surface area contributed by atoms with Crippen LogP contribution in [0, 0.1) is 23.2 Å². The predicted molar refractivity (Wildman–Crippen MR) is 56.9 cm³/mol. The molecule has 1 saturated heterocycles. The highest BCUT2D eigenvalue weighted by Crippen LogP contribution is 2.56. The van der Waals surface area contributed by atoms with Gasteiger partial charge >= 0.3 is 0 Å². The van der Waals surface area contributed by atoms with Gasteiger partial charge in [0.1, 0.15) is 0 Å². The minimum Gasteiger partial charge on any atom is -0.296 e. The van der Waals surface area contributed by atoms with Crippen LogP contribution in [0.2, 0.25) is 0 Å². The van der Waals surface area contributed by atoms with Crippen molar-refractivity contribution in [2.75, 3.05) is 0 Å². The average Bonchev–Trinajstić information content (AvgIpc) is 1.98. The van der Waals surface area contributed by atoms with Crippen LogP contribution >= 0.6 is 0 Å². The molecule has 1 aliphatic carbocycles. The zero-order chi connectivity index (χ0) is 11.2. The van der Waals surface area contributed by atoms with E-state index in [1.807, 2.05) is 0 Å². The van der Waals surface area contributed by atoms with E-state index in [1.165, 1.54) is 0 Å². The first-order valence-electron chi connectivity index (χ1n) is 5.78. The van der Waals surface area contributed by atoms with Gasteiger partial charge in [-0.15, -0.1) is 0 Å². The largest absolute Gasteiger partial charge is 0.296 e. The van der Waals surface area contributed by atoms with E-state index in [4.69, 9.17) is 0 Å². The number of hydrogen-bond donors (Lipinski definition) is 1. The van der Waals surface area contributed by atoms with Crippen molar-refractivity contribution in [2.24, 2.45) is 23.2 Å². The summed E-state index contributed by atoms with van der Waals surface area (Å²) in [5.41, 5.74) is -0.00694. The summed E-state index contributed by atoms with van der Waals surface area (Å²) in [7, 11) is 0. The van der Waals surface area contributed by atoms with E-state index >= 15 is 0 Å². The predicted octanol–water partition coefficient (Wildman–Crippen LogP) is 1.72. The van der Waals surface area contributed by atoms with Gasteiger partial charge in [-0.25, -0.2) is 0 Å². The fraction of sp³-hybridized carbons (Fsp3) is 0.833. The van der Waals surface area contributed by atoms with Crippen LogP contribution in [0.1, 0.15) is 40.0 Å². The van der Waals surface area contributed by atoms with Gasteiger partial charge in [-0.3, -0.25) is 14.9 Å². The summed E-state index contributed by atoms with van der Waals surface area (Å²) in [6, 6.07) is 0. The van der Waals surface area contributed by atoms with Crippen molar-refractivity contribution in [2.45, 2.75) is 40.0 Å². The number of carbonyl (C=O) groups is 2. The van der Waals surface area contributed by atoms with E-state index in [9.17, 15) is 9.59 Å². The molecule has 2 fully saturated rings. The number of rotatable bonds is 1. The number of piperidine rings is 1. The topological polar surface area (TPSA) is 46.2 Å². The number of carbonyl (C=O) groups excluding carboxylic acids is 2. The van der Waals surface area contributed by atoms with Crippen LogP contribution in [0.4, 0.5) is 0 Å². The van der Waals surface area contributed by atoms with Gasteiger partial charge in [0.25, 0.3) is 0 Å². The molecule has 1 heterocycles. The molecule has 84 valence electrons. The normalized spacial score (nSPS) is 40.5. The van der Waals surface area contributed by atoms with E-state index in [0.717, 1.165) is 12.8 Å². The number of hydrogen-bond acceptors (Lipinski definition) is 2. The van der Waals surface area contributed by atoms with E-state index in [1.54, 1.807) is 0 Å². The lowest BCUT2D eigenvalue weighted by Gasteiger charge is -2.53. The first kappa shape index (κ1) is 10.7. The molecule has 0 bridgehead atoms. The Hall–Kier alpha value is -0.860. The highest BCUT2D eigenvalue weighted by atomic mass is 16.2. The van der Waals surface area contributed by atoms with Crippen molar-refractivity contribution in [3.63, 3.8) is 0 Å². The van der Waals surface area contributed by atoms with Crippen LogP contribution in [0.3, 0.4) is 0 Å². The Morgan fingerprint density at radius 3 is 2.40 bits per heavy atom. The van der Waals surface area contributed by atoms with Crippen LogP contribution in [-0.2, 0) is 9.59 Å². The molecule has 2 amide bonds. The highest BCUT2D eigenvalue weighted by Gasteiger charge is 2.55. The Bertz CT molecular complexity index is 303. The zero-order valence-corrected chi connectivity index (χ0v) is 9.67. The van der Waals surface area contributed by atoms with Crippen LogP contribution in [0.5, 0.6) is 0 Å². The second-order valence-electron chi connectivity index (χ2n) is 5.69. The standard InChI is InChI=1S/C12H19NO2/c1-7(2)10-11(15)13-9(14)6-12(10)4-8(3)5-12/h7-8,10H,4-6H2,1-3H3,(H,13,14,15). The van der Waals surface area contributed by atoms with Gasteiger partial charge in [-0.05, 0) is 30.1 Å². The van der Waals surface area contributed by atoms with Gasteiger partial charge in [-0.1, -0.05) is 20.8 Å². The second kappa shape index (κ2) is 3.32. The maximum absolute atomic E-state index is 11.8. The van der Waals surface area contributed by atoms with Gasteiger partial charge in [0.15, 0.2) is 0 Å². The summed E-state index contributed by atoms with van der Waals surface area (Å²) in [6.45, 7) is 6.34. The Balaban J connectivity index is 2.24. The van der Waals surface area contributed by atoms with Crippen LogP contribution in [0.25, 0.3) is 0 Å². The van der Waals surface area contributed by atoms with Crippen molar-refractivity contribution < 1.29 is 9.59 Å². The van der Waals surface area contributed by atoms with Gasteiger partial charge in [0.05, 0.1) is 0 Å². The molecule has 1 spiro atoms. The molecule has 15 heavy (non-hydrogen) atoms. The second-order valence-corrected chi connectivity index (χ2v) is 5.69. The number of amides is 2. The Labute approximate surface area is 90.6 Å². The molecule has 3 heteroatoms.